The molecule has 0 unspecified atom stereocenters. The van der Waals surface area contributed by atoms with E-state index in [1.165, 1.54) is 6.26 Å². The van der Waals surface area contributed by atoms with Crippen molar-refractivity contribution in [2.45, 2.75) is 12.3 Å². The molecule has 0 saturated heterocycles. The molecule has 0 aliphatic heterocycles. The second-order valence-corrected chi connectivity index (χ2v) is 6.61. The lowest BCUT2D eigenvalue weighted by Crippen LogP contribution is -2.13. The van der Waals surface area contributed by atoms with Crippen molar-refractivity contribution in [2.75, 3.05) is 25.2 Å². The van der Waals surface area contributed by atoms with Crippen LogP contribution in [0.3, 0.4) is 0 Å². The van der Waals surface area contributed by atoms with Gasteiger partial charge in [-0.1, -0.05) is 28.1 Å². The van der Waals surface area contributed by atoms with E-state index in [1.54, 1.807) is 0 Å². The maximum atomic E-state index is 11.1. The highest BCUT2D eigenvalue weighted by molar-refractivity contribution is 9.08. The summed E-state index contributed by atoms with van der Waals surface area (Å²) in [5, 5.41) is 0.627. The summed E-state index contributed by atoms with van der Waals surface area (Å²) in [4.78, 5) is 0. The third kappa shape index (κ3) is 4.86. The average Bonchev–Trinajstić information content (AvgIpc) is 2.29. The number of alkyl halides is 1. The van der Waals surface area contributed by atoms with E-state index >= 15 is 0 Å². The van der Waals surface area contributed by atoms with Crippen LogP contribution in [0.4, 0.5) is 0 Å². The first-order chi connectivity index (χ1) is 8.48. The van der Waals surface area contributed by atoms with Crippen LogP contribution < -0.4 is 9.47 Å². The molecule has 1 aromatic rings. The van der Waals surface area contributed by atoms with Crippen molar-refractivity contribution in [3.05, 3.63) is 23.8 Å². The maximum Gasteiger partial charge on any atom is 0.165 e. The fourth-order valence-corrected chi connectivity index (χ4v) is 2.22. The van der Waals surface area contributed by atoms with Crippen LogP contribution in [0.1, 0.15) is 12.5 Å². The molecule has 0 spiro atoms. The molecule has 0 amide bonds. The fraction of sp³-hybridized carbons (Fsp3) is 0.500. The van der Waals surface area contributed by atoms with Gasteiger partial charge in [-0.15, -0.1) is 0 Å². The van der Waals surface area contributed by atoms with Crippen LogP contribution in [-0.2, 0) is 15.2 Å². The van der Waals surface area contributed by atoms with Crippen molar-refractivity contribution < 1.29 is 17.9 Å². The van der Waals surface area contributed by atoms with E-state index in [9.17, 15) is 8.42 Å². The van der Waals surface area contributed by atoms with Gasteiger partial charge in [0.15, 0.2) is 21.3 Å². The number of ether oxygens (including phenoxy) is 2. The number of para-hydroxylation sites is 1. The first-order valence-corrected chi connectivity index (χ1v) is 8.77. The standard InChI is InChI=1S/C12H17BrO4S/c1-3-16-11-6-4-5-10(9-13)12(11)17-7-8-18(2,14)15/h4-6H,3,7-9H2,1-2H3. The highest BCUT2D eigenvalue weighted by Gasteiger charge is 2.11. The lowest BCUT2D eigenvalue weighted by atomic mass is 10.2. The topological polar surface area (TPSA) is 52.6 Å². The van der Waals surface area contributed by atoms with Crippen molar-refractivity contribution in [2.24, 2.45) is 0 Å². The van der Waals surface area contributed by atoms with Gasteiger partial charge in [-0.2, -0.15) is 0 Å². The van der Waals surface area contributed by atoms with Crippen LogP contribution in [0.15, 0.2) is 18.2 Å². The second kappa shape index (κ2) is 6.99. The van der Waals surface area contributed by atoms with Gasteiger partial charge in [0.05, 0.1) is 12.4 Å². The Bertz CT molecular complexity index is 485. The predicted octanol–water partition coefficient (Wildman–Crippen LogP) is 2.40. The summed E-state index contributed by atoms with van der Waals surface area (Å²) in [6.45, 7) is 2.55. The van der Waals surface area contributed by atoms with E-state index in [0.29, 0.717) is 23.4 Å². The molecule has 18 heavy (non-hydrogen) atoms. The van der Waals surface area contributed by atoms with Crippen molar-refractivity contribution in [1.82, 2.24) is 0 Å². The Labute approximate surface area is 116 Å². The molecule has 4 nitrogen and oxygen atoms in total. The van der Waals surface area contributed by atoms with Gasteiger partial charge in [-0.05, 0) is 13.0 Å². The SMILES string of the molecule is CCOc1cccc(CBr)c1OCCS(C)(=O)=O. The lowest BCUT2D eigenvalue weighted by molar-refractivity contribution is 0.286. The number of halogens is 1. The molecule has 0 bridgehead atoms. The van der Waals surface area contributed by atoms with E-state index in [-0.39, 0.29) is 12.4 Å². The third-order valence-corrected chi connectivity index (χ3v) is 3.72. The van der Waals surface area contributed by atoms with Gasteiger partial charge in [0.2, 0.25) is 0 Å². The highest BCUT2D eigenvalue weighted by Crippen LogP contribution is 2.32. The van der Waals surface area contributed by atoms with Crippen LogP contribution >= 0.6 is 15.9 Å². The monoisotopic (exact) mass is 336 g/mol. The Balaban J connectivity index is 2.83. The maximum absolute atomic E-state index is 11.1. The molecule has 1 rings (SSSR count). The van der Waals surface area contributed by atoms with E-state index in [0.717, 1.165) is 5.56 Å². The van der Waals surface area contributed by atoms with Crippen LogP contribution in [0.5, 0.6) is 11.5 Å². The molecule has 0 saturated carbocycles. The average molecular weight is 337 g/mol. The first kappa shape index (κ1) is 15.3. The molecular formula is C12H17BrO4S. The minimum Gasteiger partial charge on any atom is -0.490 e. The van der Waals surface area contributed by atoms with E-state index in [4.69, 9.17) is 9.47 Å². The van der Waals surface area contributed by atoms with Gasteiger partial charge in [0.25, 0.3) is 0 Å². The van der Waals surface area contributed by atoms with Crippen molar-refractivity contribution in [3.8, 4) is 11.5 Å². The second-order valence-electron chi connectivity index (χ2n) is 3.79. The molecule has 1 aromatic carbocycles. The minimum absolute atomic E-state index is 0.00478. The summed E-state index contributed by atoms with van der Waals surface area (Å²) in [6, 6.07) is 5.60. The molecular weight excluding hydrogens is 320 g/mol. The normalized spacial score (nSPS) is 11.3. The number of sulfone groups is 1. The quantitative estimate of drug-likeness (QED) is 0.717. The number of hydrogen-bond donors (Lipinski definition) is 0. The van der Waals surface area contributed by atoms with Gasteiger partial charge >= 0.3 is 0 Å². The first-order valence-electron chi connectivity index (χ1n) is 5.59. The van der Waals surface area contributed by atoms with Crippen LogP contribution in [0.2, 0.25) is 0 Å². The van der Waals surface area contributed by atoms with Crippen LogP contribution in [0.25, 0.3) is 0 Å². The van der Waals surface area contributed by atoms with Crippen molar-refractivity contribution in [1.29, 1.82) is 0 Å². The van der Waals surface area contributed by atoms with Crippen molar-refractivity contribution in [3.63, 3.8) is 0 Å². The summed E-state index contributed by atoms with van der Waals surface area (Å²) >= 11 is 3.37. The molecule has 0 heterocycles. The van der Waals surface area contributed by atoms with Gasteiger partial charge in [0, 0.05) is 17.1 Å². The smallest absolute Gasteiger partial charge is 0.165 e. The molecule has 0 N–H and O–H groups in total. The Kier molecular flexibility index (Phi) is 5.95. The molecule has 0 aliphatic carbocycles. The van der Waals surface area contributed by atoms with Crippen LogP contribution in [0, 0.1) is 0 Å². The van der Waals surface area contributed by atoms with Gasteiger partial charge in [-0.25, -0.2) is 8.42 Å². The Morgan fingerprint density at radius 3 is 2.56 bits per heavy atom. The summed E-state index contributed by atoms with van der Waals surface area (Å²) < 4.78 is 33.2. The zero-order valence-corrected chi connectivity index (χ0v) is 12.9. The minimum atomic E-state index is -3.02. The predicted molar refractivity (Wildman–Crippen MR) is 75.4 cm³/mol. The van der Waals surface area contributed by atoms with Gasteiger partial charge in [-0.3, -0.25) is 0 Å². The Morgan fingerprint density at radius 1 is 1.28 bits per heavy atom. The zero-order chi connectivity index (χ0) is 13.6. The van der Waals surface area contributed by atoms with E-state index in [1.807, 2.05) is 25.1 Å². The summed E-state index contributed by atoms with van der Waals surface area (Å²) in [5.74, 6) is 1.25. The zero-order valence-electron chi connectivity index (χ0n) is 10.5. The Morgan fingerprint density at radius 2 is 2.00 bits per heavy atom. The molecule has 6 heteroatoms. The van der Waals surface area contributed by atoms with Crippen molar-refractivity contribution >= 4 is 25.8 Å². The molecule has 0 atom stereocenters. The number of rotatable bonds is 7. The third-order valence-electron chi connectivity index (χ3n) is 2.20. The van der Waals surface area contributed by atoms with Crippen LogP contribution in [-0.4, -0.2) is 33.6 Å². The summed E-state index contributed by atoms with van der Waals surface area (Å²) in [7, 11) is -3.02. The van der Waals surface area contributed by atoms with E-state index < -0.39 is 9.84 Å². The lowest BCUT2D eigenvalue weighted by Gasteiger charge is -2.14. The number of hydrogen-bond acceptors (Lipinski definition) is 4. The van der Waals surface area contributed by atoms with Gasteiger partial charge < -0.3 is 9.47 Å². The molecule has 0 aromatic heterocycles. The highest BCUT2D eigenvalue weighted by atomic mass is 79.9. The van der Waals surface area contributed by atoms with Gasteiger partial charge in [0.1, 0.15) is 6.61 Å². The Hall–Kier alpha value is -0.750. The number of benzene rings is 1. The van der Waals surface area contributed by atoms with E-state index in [2.05, 4.69) is 15.9 Å². The molecule has 0 radical (unpaired) electrons. The summed E-state index contributed by atoms with van der Waals surface area (Å²) in [6.07, 6.45) is 1.19. The summed E-state index contributed by atoms with van der Waals surface area (Å²) in [5.41, 5.74) is 0.939. The molecule has 102 valence electrons. The molecule has 0 aliphatic rings. The largest absolute Gasteiger partial charge is 0.490 e. The fourth-order valence-electron chi connectivity index (χ4n) is 1.39. The molecule has 0 fully saturated rings.